The zero-order valence-corrected chi connectivity index (χ0v) is 17.0. The second kappa shape index (κ2) is 6.70. The fraction of sp³-hybridized carbons (Fsp3) is 0.818. The summed E-state index contributed by atoms with van der Waals surface area (Å²) >= 11 is 0. The van der Waals surface area contributed by atoms with Crippen LogP contribution in [0.2, 0.25) is 0 Å². The quantitative estimate of drug-likeness (QED) is 0.583. The minimum absolute atomic E-state index is 0.0433. The SMILES string of the molecule is C=CC1(C)C[C@@H](OC(=O)CO)[C@]2(C)C(C)CC[C@]3(CCC(=O)C32)[C@@H](C)[C@@H]1O. The lowest BCUT2D eigenvalue weighted by molar-refractivity contribution is -0.207. The van der Waals surface area contributed by atoms with Crippen molar-refractivity contribution >= 4 is 11.8 Å². The van der Waals surface area contributed by atoms with Crippen molar-refractivity contribution in [3.05, 3.63) is 12.7 Å². The molecule has 0 aromatic heterocycles. The summed E-state index contributed by atoms with van der Waals surface area (Å²) in [5.41, 5.74) is -1.43. The van der Waals surface area contributed by atoms with Crippen molar-refractivity contribution < 1.29 is 24.5 Å². The molecule has 3 aliphatic carbocycles. The molecule has 3 aliphatic rings. The predicted molar refractivity (Wildman–Crippen MR) is 102 cm³/mol. The van der Waals surface area contributed by atoms with Gasteiger partial charge in [0.2, 0.25) is 0 Å². The molecule has 0 aromatic carbocycles. The molecule has 0 aliphatic heterocycles. The minimum Gasteiger partial charge on any atom is -0.460 e. The van der Waals surface area contributed by atoms with Crippen LogP contribution in [0.4, 0.5) is 0 Å². The molecule has 0 aromatic rings. The van der Waals surface area contributed by atoms with Crippen molar-refractivity contribution in [2.75, 3.05) is 6.61 Å². The van der Waals surface area contributed by atoms with E-state index in [-0.39, 0.29) is 29.0 Å². The molecular formula is C22H34O5. The maximum atomic E-state index is 13.1. The summed E-state index contributed by atoms with van der Waals surface area (Å²) in [5, 5.41) is 20.6. The van der Waals surface area contributed by atoms with Crippen molar-refractivity contribution in [3.8, 4) is 0 Å². The lowest BCUT2D eigenvalue weighted by Crippen LogP contribution is -2.63. The van der Waals surface area contributed by atoms with Crippen LogP contribution in [0.1, 0.15) is 59.8 Å². The summed E-state index contributed by atoms with van der Waals surface area (Å²) in [5.74, 6) is -0.520. The standard InChI is InChI=1S/C22H34O5/c1-6-20(4)11-16(27-17(25)12-23)21(5)13(2)7-9-22(14(3)19(20)26)10-8-15(24)18(21)22/h6,13-14,16,18-19,23,26H,1,7-12H2,2-5H3/t13?,14-,16+,18?,19-,20?,21-,22-/m0/s1. The molecule has 0 heterocycles. The molecule has 0 amide bonds. The number of ketones is 1. The van der Waals surface area contributed by atoms with Crippen molar-refractivity contribution in [2.45, 2.75) is 72.0 Å². The molecule has 2 bridgehead atoms. The number of carbonyl (C=O) groups excluding carboxylic acids is 2. The van der Waals surface area contributed by atoms with Gasteiger partial charge in [0.15, 0.2) is 0 Å². The number of hydrogen-bond acceptors (Lipinski definition) is 5. The van der Waals surface area contributed by atoms with Crippen LogP contribution < -0.4 is 0 Å². The van der Waals surface area contributed by atoms with Crippen LogP contribution in [0.15, 0.2) is 12.7 Å². The fourth-order valence-corrected chi connectivity index (χ4v) is 6.70. The zero-order chi connectivity index (χ0) is 20.2. The van der Waals surface area contributed by atoms with Gasteiger partial charge in [-0.15, -0.1) is 6.58 Å². The van der Waals surface area contributed by atoms with Crippen molar-refractivity contribution in [2.24, 2.45) is 34.0 Å². The Kier molecular flexibility index (Phi) is 5.09. The molecule has 152 valence electrons. The average Bonchev–Trinajstić information content (AvgIpc) is 3.00. The number of esters is 1. The molecule has 3 saturated carbocycles. The van der Waals surface area contributed by atoms with Gasteiger partial charge in [0, 0.05) is 23.2 Å². The van der Waals surface area contributed by atoms with Gasteiger partial charge in [-0.2, -0.15) is 0 Å². The van der Waals surface area contributed by atoms with Crippen LogP contribution in [0.3, 0.4) is 0 Å². The van der Waals surface area contributed by atoms with Gasteiger partial charge in [-0.05, 0) is 42.9 Å². The predicted octanol–water partition coefficient (Wildman–Crippen LogP) is 2.89. The highest BCUT2D eigenvalue weighted by atomic mass is 16.6. The van der Waals surface area contributed by atoms with E-state index >= 15 is 0 Å². The van der Waals surface area contributed by atoms with Crippen LogP contribution in [0, 0.1) is 34.0 Å². The number of rotatable bonds is 3. The second-order valence-electron chi connectivity index (χ2n) is 9.72. The summed E-state index contributed by atoms with van der Waals surface area (Å²) in [6.07, 6.45) is 4.10. The Balaban J connectivity index is 2.21. The van der Waals surface area contributed by atoms with Gasteiger partial charge in [-0.3, -0.25) is 4.79 Å². The Bertz CT molecular complexity index is 645. The van der Waals surface area contributed by atoms with E-state index in [0.717, 1.165) is 19.3 Å². The summed E-state index contributed by atoms with van der Waals surface area (Å²) in [6, 6.07) is 0. The first-order valence-electron chi connectivity index (χ1n) is 10.2. The fourth-order valence-electron chi connectivity index (χ4n) is 6.70. The number of carbonyl (C=O) groups is 2. The van der Waals surface area contributed by atoms with Crippen molar-refractivity contribution in [1.29, 1.82) is 0 Å². The van der Waals surface area contributed by atoms with Gasteiger partial charge in [0.1, 0.15) is 18.5 Å². The molecule has 2 N–H and O–H groups in total. The lowest BCUT2D eigenvalue weighted by atomic mass is 9.44. The number of aliphatic hydroxyl groups excluding tert-OH is 2. The summed E-state index contributed by atoms with van der Waals surface area (Å²) in [6.45, 7) is 11.5. The topological polar surface area (TPSA) is 83.8 Å². The molecule has 0 radical (unpaired) electrons. The Morgan fingerprint density at radius 2 is 2.00 bits per heavy atom. The highest BCUT2D eigenvalue weighted by Crippen LogP contribution is 2.67. The smallest absolute Gasteiger partial charge is 0.332 e. The van der Waals surface area contributed by atoms with Gasteiger partial charge in [-0.1, -0.05) is 33.8 Å². The number of Topliss-reactive ketones (excluding diaryl/α,β-unsaturated/α-hetero) is 1. The maximum absolute atomic E-state index is 13.1. The second-order valence-corrected chi connectivity index (χ2v) is 9.72. The van der Waals surface area contributed by atoms with Crippen molar-refractivity contribution in [3.63, 3.8) is 0 Å². The van der Waals surface area contributed by atoms with Crippen LogP contribution in [0.5, 0.6) is 0 Å². The number of ether oxygens (including phenoxy) is 1. The Labute approximate surface area is 162 Å². The lowest BCUT2D eigenvalue weighted by Gasteiger charge is -2.61. The Hall–Kier alpha value is -1.20. The molecule has 8 atom stereocenters. The summed E-state index contributed by atoms with van der Waals surface area (Å²) in [7, 11) is 0. The molecule has 5 heteroatoms. The summed E-state index contributed by atoms with van der Waals surface area (Å²) in [4.78, 5) is 25.2. The van der Waals surface area contributed by atoms with E-state index < -0.39 is 35.6 Å². The normalized spacial score (nSPS) is 49.7. The van der Waals surface area contributed by atoms with Gasteiger partial charge in [-0.25, -0.2) is 4.79 Å². The third-order valence-electron chi connectivity index (χ3n) is 8.70. The largest absolute Gasteiger partial charge is 0.460 e. The molecule has 3 rings (SSSR count). The third kappa shape index (κ3) is 2.72. The van der Waals surface area contributed by atoms with E-state index in [2.05, 4.69) is 27.4 Å². The van der Waals surface area contributed by atoms with E-state index in [1.165, 1.54) is 0 Å². The molecule has 5 nitrogen and oxygen atoms in total. The molecule has 3 unspecified atom stereocenters. The summed E-state index contributed by atoms with van der Waals surface area (Å²) < 4.78 is 5.77. The molecule has 3 fully saturated rings. The van der Waals surface area contributed by atoms with E-state index in [0.29, 0.717) is 12.8 Å². The van der Waals surface area contributed by atoms with E-state index in [1.807, 2.05) is 6.92 Å². The first kappa shape index (κ1) is 20.5. The maximum Gasteiger partial charge on any atom is 0.332 e. The van der Waals surface area contributed by atoms with Gasteiger partial charge in [0.25, 0.3) is 0 Å². The highest BCUT2D eigenvalue weighted by Gasteiger charge is 2.68. The Morgan fingerprint density at radius 3 is 2.59 bits per heavy atom. The van der Waals surface area contributed by atoms with Crippen molar-refractivity contribution in [1.82, 2.24) is 0 Å². The van der Waals surface area contributed by atoms with Crippen LogP contribution in [-0.2, 0) is 14.3 Å². The Morgan fingerprint density at radius 1 is 1.33 bits per heavy atom. The number of hydrogen-bond donors (Lipinski definition) is 2. The monoisotopic (exact) mass is 378 g/mol. The van der Waals surface area contributed by atoms with E-state index in [9.17, 15) is 19.8 Å². The van der Waals surface area contributed by atoms with Gasteiger partial charge < -0.3 is 14.9 Å². The zero-order valence-electron chi connectivity index (χ0n) is 17.0. The van der Waals surface area contributed by atoms with Gasteiger partial charge in [0.05, 0.1) is 6.10 Å². The van der Waals surface area contributed by atoms with Crippen LogP contribution in [-0.4, -0.2) is 40.8 Å². The van der Waals surface area contributed by atoms with E-state index in [1.54, 1.807) is 6.08 Å². The molecule has 0 saturated heterocycles. The van der Waals surface area contributed by atoms with Crippen LogP contribution >= 0.6 is 0 Å². The molecule has 0 spiro atoms. The molecular weight excluding hydrogens is 344 g/mol. The third-order valence-corrected chi connectivity index (χ3v) is 8.70. The first-order valence-corrected chi connectivity index (χ1v) is 10.2. The van der Waals surface area contributed by atoms with Gasteiger partial charge >= 0.3 is 5.97 Å². The van der Waals surface area contributed by atoms with Crippen LogP contribution in [0.25, 0.3) is 0 Å². The average molecular weight is 379 g/mol. The number of aliphatic hydroxyl groups is 2. The minimum atomic E-state index is -0.686. The first-order chi connectivity index (χ1) is 12.6. The van der Waals surface area contributed by atoms with E-state index in [4.69, 9.17) is 4.74 Å². The highest BCUT2D eigenvalue weighted by molar-refractivity contribution is 5.85. The molecule has 27 heavy (non-hydrogen) atoms.